The number of benzene rings is 10. The van der Waals surface area contributed by atoms with Crippen LogP contribution in [0.25, 0.3) is 82.8 Å². The number of hydrogen-bond acceptors (Lipinski definition) is 1. The van der Waals surface area contributed by atoms with Gasteiger partial charge in [-0.25, -0.2) is 0 Å². The molecule has 0 aliphatic rings. The summed E-state index contributed by atoms with van der Waals surface area (Å²) < 4.78 is 2.40. The Bertz CT molecular complexity index is 3310. The maximum atomic E-state index is 2.42. The van der Waals surface area contributed by atoms with E-state index in [2.05, 4.69) is 252 Å². The molecule has 0 fully saturated rings. The highest BCUT2D eigenvalue weighted by Crippen LogP contribution is 2.47. The van der Waals surface area contributed by atoms with Gasteiger partial charge < -0.3 is 9.47 Å². The summed E-state index contributed by atoms with van der Waals surface area (Å²) in [7, 11) is 0. The van der Waals surface area contributed by atoms with E-state index in [1.807, 2.05) is 0 Å². The maximum Gasteiger partial charge on any atom is 0.0547 e. The molecule has 60 heavy (non-hydrogen) atoms. The second-order valence-electron chi connectivity index (χ2n) is 15.3. The fourth-order valence-electron chi connectivity index (χ4n) is 9.00. The Morgan fingerprint density at radius 2 is 0.850 bits per heavy atom. The molecule has 282 valence electrons. The van der Waals surface area contributed by atoms with Crippen LogP contribution < -0.4 is 4.90 Å². The number of aromatic nitrogens is 1. The van der Waals surface area contributed by atoms with Crippen molar-refractivity contribution in [3.8, 4) is 50.2 Å². The lowest BCUT2D eigenvalue weighted by Crippen LogP contribution is -2.11. The molecule has 0 bridgehead atoms. The lowest BCUT2D eigenvalue weighted by atomic mass is 9.90. The molecule has 0 saturated carbocycles. The lowest BCUT2D eigenvalue weighted by molar-refractivity contribution is 1.18. The van der Waals surface area contributed by atoms with Crippen molar-refractivity contribution >= 4 is 49.6 Å². The fourth-order valence-corrected chi connectivity index (χ4v) is 9.00. The van der Waals surface area contributed by atoms with Gasteiger partial charge in [-0.05, 0) is 110 Å². The van der Waals surface area contributed by atoms with Gasteiger partial charge in [0.05, 0.1) is 16.7 Å². The van der Waals surface area contributed by atoms with Crippen LogP contribution in [0.1, 0.15) is 0 Å². The molecular weight excluding hydrogens is 725 g/mol. The average molecular weight is 765 g/mol. The summed E-state index contributed by atoms with van der Waals surface area (Å²) in [6.07, 6.45) is 0. The molecular formula is C58H40N2. The van der Waals surface area contributed by atoms with Gasteiger partial charge in [-0.2, -0.15) is 0 Å². The van der Waals surface area contributed by atoms with Crippen molar-refractivity contribution in [1.82, 2.24) is 4.57 Å². The minimum Gasteiger partial charge on any atom is -0.310 e. The van der Waals surface area contributed by atoms with Gasteiger partial charge in [0.25, 0.3) is 0 Å². The highest BCUT2D eigenvalue weighted by Gasteiger charge is 2.22. The summed E-state index contributed by atoms with van der Waals surface area (Å²) >= 11 is 0. The molecule has 0 unspecified atom stereocenters. The summed E-state index contributed by atoms with van der Waals surface area (Å²) in [5.41, 5.74) is 16.3. The van der Waals surface area contributed by atoms with E-state index >= 15 is 0 Å². The Balaban J connectivity index is 1.11. The van der Waals surface area contributed by atoms with E-state index in [1.165, 1.54) is 71.5 Å². The van der Waals surface area contributed by atoms with Crippen LogP contribution in [0, 0.1) is 0 Å². The molecule has 1 aromatic heterocycles. The zero-order valence-corrected chi connectivity index (χ0v) is 33.0. The van der Waals surface area contributed by atoms with Gasteiger partial charge in [0, 0.05) is 33.4 Å². The van der Waals surface area contributed by atoms with E-state index < -0.39 is 0 Å². The average Bonchev–Trinajstić information content (AvgIpc) is 3.67. The van der Waals surface area contributed by atoms with Gasteiger partial charge in [-0.15, -0.1) is 0 Å². The first-order valence-electron chi connectivity index (χ1n) is 20.6. The van der Waals surface area contributed by atoms with Crippen LogP contribution in [0.3, 0.4) is 0 Å². The van der Waals surface area contributed by atoms with E-state index in [9.17, 15) is 0 Å². The molecule has 0 aliphatic carbocycles. The molecule has 10 aromatic carbocycles. The van der Waals surface area contributed by atoms with Gasteiger partial charge in [-0.3, -0.25) is 0 Å². The minimum absolute atomic E-state index is 1.09. The predicted octanol–water partition coefficient (Wildman–Crippen LogP) is 16.1. The number of rotatable bonds is 8. The van der Waals surface area contributed by atoms with Gasteiger partial charge in [0.2, 0.25) is 0 Å². The number of para-hydroxylation sites is 3. The van der Waals surface area contributed by atoms with Crippen LogP contribution in [-0.4, -0.2) is 4.57 Å². The topological polar surface area (TPSA) is 8.17 Å². The first-order chi connectivity index (χ1) is 29.8. The standard InChI is InChI=1S/C58H40N2/c1-3-17-41(18-4-1)43-35-37-48(38-36-43)59(49-24-15-21-45(40-49)46-34-33-42-19-7-8-20-44(42)39-46)55-30-13-11-27-52(55)50-25-9-10-26-51(50)53-29-16-32-57-58(53)54-28-12-14-31-56(54)60(57)47-22-5-2-6-23-47/h1-40H. The quantitative estimate of drug-likeness (QED) is 0.150. The number of hydrogen-bond donors (Lipinski definition) is 0. The van der Waals surface area contributed by atoms with Crippen molar-refractivity contribution in [2.45, 2.75) is 0 Å². The second-order valence-corrected chi connectivity index (χ2v) is 15.3. The summed E-state index contributed by atoms with van der Waals surface area (Å²) in [5, 5.41) is 4.96. The van der Waals surface area contributed by atoms with Crippen molar-refractivity contribution in [3.63, 3.8) is 0 Å². The molecule has 0 amide bonds. The summed E-state index contributed by atoms with van der Waals surface area (Å²) in [4.78, 5) is 2.42. The first kappa shape index (κ1) is 35.2. The third kappa shape index (κ3) is 6.23. The molecule has 0 N–H and O–H groups in total. The van der Waals surface area contributed by atoms with Crippen LogP contribution in [0.5, 0.6) is 0 Å². The van der Waals surface area contributed by atoms with E-state index in [0.29, 0.717) is 0 Å². The SMILES string of the molecule is c1ccc(-c2ccc(N(c3cccc(-c4ccc5ccccc5c4)c3)c3ccccc3-c3ccccc3-c3cccc4c3c3ccccc3n4-c3ccccc3)cc2)cc1. The monoisotopic (exact) mass is 764 g/mol. The first-order valence-corrected chi connectivity index (χ1v) is 20.6. The maximum absolute atomic E-state index is 2.42. The lowest BCUT2D eigenvalue weighted by Gasteiger charge is -2.29. The Morgan fingerprint density at radius 3 is 1.67 bits per heavy atom. The highest BCUT2D eigenvalue weighted by atomic mass is 15.1. The predicted molar refractivity (Wildman–Crippen MR) is 255 cm³/mol. The van der Waals surface area contributed by atoms with Crippen molar-refractivity contribution in [2.75, 3.05) is 4.90 Å². The van der Waals surface area contributed by atoms with Crippen LogP contribution >= 0.6 is 0 Å². The summed E-state index contributed by atoms with van der Waals surface area (Å²) in [5.74, 6) is 0. The summed E-state index contributed by atoms with van der Waals surface area (Å²) in [6.45, 7) is 0. The van der Waals surface area contributed by atoms with Gasteiger partial charge in [0.15, 0.2) is 0 Å². The zero-order valence-electron chi connectivity index (χ0n) is 33.0. The molecule has 11 aromatic rings. The Morgan fingerprint density at radius 1 is 0.300 bits per heavy atom. The van der Waals surface area contributed by atoms with Crippen LogP contribution in [0.15, 0.2) is 243 Å². The Hall–Kier alpha value is -7.94. The highest BCUT2D eigenvalue weighted by molar-refractivity contribution is 6.17. The summed E-state index contributed by atoms with van der Waals surface area (Å²) in [6, 6.07) is 87.9. The molecule has 2 heteroatoms. The zero-order chi connectivity index (χ0) is 39.8. The van der Waals surface area contributed by atoms with Crippen molar-refractivity contribution in [3.05, 3.63) is 243 Å². The number of anilines is 3. The third-order valence-electron chi connectivity index (χ3n) is 11.8. The molecule has 11 rings (SSSR count). The fraction of sp³-hybridized carbons (Fsp3) is 0. The van der Waals surface area contributed by atoms with Crippen LogP contribution in [0.4, 0.5) is 17.1 Å². The smallest absolute Gasteiger partial charge is 0.0547 e. The van der Waals surface area contributed by atoms with E-state index in [4.69, 9.17) is 0 Å². The minimum atomic E-state index is 1.09. The number of fused-ring (bicyclic) bond motifs is 4. The van der Waals surface area contributed by atoms with E-state index in [-0.39, 0.29) is 0 Å². The molecule has 0 radical (unpaired) electrons. The van der Waals surface area contributed by atoms with E-state index in [0.717, 1.165) is 28.3 Å². The molecule has 1 heterocycles. The van der Waals surface area contributed by atoms with Gasteiger partial charge in [-0.1, -0.05) is 182 Å². The second kappa shape index (κ2) is 15.1. The molecule has 0 saturated heterocycles. The third-order valence-corrected chi connectivity index (χ3v) is 11.8. The molecule has 0 spiro atoms. The van der Waals surface area contributed by atoms with Crippen LogP contribution in [0.2, 0.25) is 0 Å². The van der Waals surface area contributed by atoms with Crippen molar-refractivity contribution in [2.24, 2.45) is 0 Å². The molecule has 0 aliphatic heterocycles. The van der Waals surface area contributed by atoms with Crippen molar-refractivity contribution in [1.29, 1.82) is 0 Å². The van der Waals surface area contributed by atoms with E-state index in [1.54, 1.807) is 0 Å². The van der Waals surface area contributed by atoms with Crippen LogP contribution in [-0.2, 0) is 0 Å². The van der Waals surface area contributed by atoms with Gasteiger partial charge >= 0.3 is 0 Å². The van der Waals surface area contributed by atoms with Crippen molar-refractivity contribution < 1.29 is 0 Å². The Kier molecular flexibility index (Phi) is 8.87. The number of nitrogens with zero attached hydrogens (tertiary/aromatic N) is 2. The Labute approximate surface area is 350 Å². The van der Waals surface area contributed by atoms with Gasteiger partial charge in [0.1, 0.15) is 0 Å². The molecule has 0 atom stereocenters. The normalized spacial score (nSPS) is 11.3. The largest absolute Gasteiger partial charge is 0.310 e. The molecule has 2 nitrogen and oxygen atoms in total.